The van der Waals surface area contributed by atoms with Crippen LogP contribution >= 0.6 is 11.3 Å². The summed E-state index contributed by atoms with van der Waals surface area (Å²) in [6.07, 6.45) is 6.29. The van der Waals surface area contributed by atoms with Gasteiger partial charge in [-0.1, -0.05) is 48.6 Å². The van der Waals surface area contributed by atoms with Gasteiger partial charge >= 0.3 is 0 Å². The van der Waals surface area contributed by atoms with E-state index >= 15 is 0 Å². The smallest absolute Gasteiger partial charge is 0.188 e. The van der Waals surface area contributed by atoms with Crippen LogP contribution in [0.2, 0.25) is 0 Å². The Bertz CT molecular complexity index is 951. The minimum absolute atomic E-state index is 0.0415. The molecular weight excluding hydrogens is 354 g/mol. The summed E-state index contributed by atoms with van der Waals surface area (Å²) in [7, 11) is 0. The van der Waals surface area contributed by atoms with E-state index in [-0.39, 0.29) is 6.04 Å². The number of fused-ring (bicyclic) bond motifs is 1. The average Bonchev–Trinajstić information content (AvgIpc) is 3.34. The summed E-state index contributed by atoms with van der Waals surface area (Å²) in [6.45, 7) is 5.21. The van der Waals surface area contributed by atoms with Crippen LogP contribution in [-0.4, -0.2) is 28.3 Å². The van der Waals surface area contributed by atoms with E-state index in [1.54, 1.807) is 11.3 Å². The van der Waals surface area contributed by atoms with Crippen molar-refractivity contribution >= 4 is 32.6 Å². The molecule has 0 spiro atoms. The summed E-state index contributed by atoms with van der Waals surface area (Å²) in [5, 5.41) is 0.949. The second-order valence-corrected chi connectivity index (χ2v) is 8.19. The maximum Gasteiger partial charge on any atom is 0.188 e. The van der Waals surface area contributed by atoms with Crippen molar-refractivity contribution in [3.8, 4) is 0 Å². The first-order valence-corrected chi connectivity index (χ1v) is 10.6. The van der Waals surface area contributed by atoms with Crippen LogP contribution in [0.25, 0.3) is 10.3 Å². The van der Waals surface area contributed by atoms with Gasteiger partial charge in [-0.25, -0.2) is 4.98 Å². The lowest BCUT2D eigenvalue weighted by molar-refractivity contribution is -0.120. The van der Waals surface area contributed by atoms with Crippen LogP contribution in [0.1, 0.15) is 42.9 Å². The van der Waals surface area contributed by atoms with Crippen LogP contribution in [0.3, 0.4) is 0 Å². The molecule has 27 heavy (non-hydrogen) atoms. The number of Topliss-reactive ketones (excluding diaryl/α,β-unsaturated/α-hetero) is 1. The molecule has 1 aromatic carbocycles. The largest absolute Gasteiger partial charge is 0.338 e. The number of ketones is 1. The molecule has 1 atom stereocenters. The van der Waals surface area contributed by atoms with Gasteiger partial charge in [0.15, 0.2) is 16.6 Å². The van der Waals surface area contributed by atoms with Crippen molar-refractivity contribution in [3.63, 3.8) is 0 Å². The summed E-state index contributed by atoms with van der Waals surface area (Å²) >= 11 is 1.69. The minimum Gasteiger partial charge on any atom is -0.338 e. The monoisotopic (exact) mass is 379 g/mol. The predicted octanol–water partition coefficient (Wildman–Crippen LogP) is 4.73. The molecule has 5 heteroatoms. The van der Waals surface area contributed by atoms with Crippen LogP contribution in [0.15, 0.2) is 36.5 Å². The Morgan fingerprint density at radius 1 is 1.30 bits per heavy atom. The van der Waals surface area contributed by atoms with Crippen molar-refractivity contribution in [1.82, 2.24) is 9.97 Å². The topological polar surface area (TPSA) is 46.1 Å². The first kappa shape index (κ1) is 18.1. The summed E-state index contributed by atoms with van der Waals surface area (Å²) < 4.78 is 1.16. The highest BCUT2D eigenvalue weighted by Gasteiger charge is 2.32. The summed E-state index contributed by atoms with van der Waals surface area (Å²) in [5.74, 6) is 0.328. The van der Waals surface area contributed by atoms with Crippen molar-refractivity contribution < 1.29 is 4.79 Å². The number of aromatic nitrogens is 2. The van der Waals surface area contributed by atoms with E-state index in [0.717, 1.165) is 47.7 Å². The highest BCUT2D eigenvalue weighted by atomic mass is 32.1. The Morgan fingerprint density at radius 3 is 2.89 bits per heavy atom. The quantitative estimate of drug-likeness (QED) is 0.621. The molecule has 0 unspecified atom stereocenters. The third-order valence-corrected chi connectivity index (χ3v) is 6.72. The first-order chi connectivity index (χ1) is 13.2. The number of pyridine rings is 1. The molecule has 0 radical (unpaired) electrons. The van der Waals surface area contributed by atoms with Crippen molar-refractivity contribution in [2.75, 3.05) is 11.4 Å². The van der Waals surface area contributed by atoms with E-state index in [2.05, 4.69) is 35.9 Å². The molecule has 0 aliphatic carbocycles. The van der Waals surface area contributed by atoms with Gasteiger partial charge in [0.05, 0.1) is 10.7 Å². The van der Waals surface area contributed by atoms with Gasteiger partial charge in [0, 0.05) is 19.2 Å². The molecule has 2 aromatic heterocycles. The number of hydrogen-bond donors (Lipinski definition) is 0. The van der Waals surface area contributed by atoms with Crippen molar-refractivity contribution in [2.45, 2.75) is 52.0 Å². The fourth-order valence-electron chi connectivity index (χ4n) is 3.90. The second kappa shape index (κ2) is 7.77. The van der Waals surface area contributed by atoms with E-state index in [1.807, 2.05) is 24.4 Å². The van der Waals surface area contributed by atoms with Gasteiger partial charge in [0.2, 0.25) is 0 Å². The fraction of sp³-hybridized carbons (Fsp3) is 0.409. The molecule has 1 aliphatic rings. The van der Waals surface area contributed by atoms with Crippen molar-refractivity contribution in [2.24, 2.45) is 0 Å². The third kappa shape index (κ3) is 3.61. The van der Waals surface area contributed by atoms with Crippen molar-refractivity contribution in [3.05, 3.63) is 53.2 Å². The average molecular weight is 380 g/mol. The number of rotatable bonds is 6. The van der Waals surface area contributed by atoms with Crippen LogP contribution < -0.4 is 4.90 Å². The SMILES string of the molecule is CCc1cnc2nc(N3CCC[C@@H]3C(=O)CCc3ccccc3)sc2c1C. The van der Waals surface area contributed by atoms with Crippen LogP contribution in [-0.2, 0) is 17.6 Å². The number of aryl methyl sites for hydroxylation is 3. The summed E-state index contributed by atoms with van der Waals surface area (Å²) in [5.41, 5.74) is 4.58. The third-order valence-electron chi connectivity index (χ3n) is 5.52. The van der Waals surface area contributed by atoms with Gasteiger partial charge in [0.1, 0.15) is 0 Å². The van der Waals surface area contributed by atoms with E-state index in [4.69, 9.17) is 4.98 Å². The van der Waals surface area contributed by atoms with E-state index < -0.39 is 0 Å². The highest BCUT2D eigenvalue weighted by molar-refractivity contribution is 7.22. The molecule has 0 saturated carbocycles. The molecule has 4 nitrogen and oxygen atoms in total. The number of carbonyl (C=O) groups excluding carboxylic acids is 1. The van der Waals surface area contributed by atoms with Gasteiger partial charge in [-0.2, -0.15) is 4.98 Å². The molecule has 1 aliphatic heterocycles. The Hall–Kier alpha value is -2.27. The molecule has 3 aromatic rings. The standard InChI is InChI=1S/C22H25N3OS/c1-3-17-14-23-21-20(15(17)2)27-22(24-21)25-13-7-10-18(25)19(26)12-11-16-8-5-4-6-9-16/h4-6,8-9,14,18H,3,7,10-13H2,1-2H3/t18-/m1/s1. The van der Waals surface area contributed by atoms with Gasteiger partial charge < -0.3 is 4.90 Å². The number of nitrogens with zero attached hydrogens (tertiary/aromatic N) is 3. The Balaban J connectivity index is 1.53. The van der Waals surface area contributed by atoms with Gasteiger partial charge in [-0.05, 0) is 49.3 Å². The molecule has 1 fully saturated rings. The maximum absolute atomic E-state index is 12.9. The highest BCUT2D eigenvalue weighted by Crippen LogP contribution is 2.35. The zero-order chi connectivity index (χ0) is 18.8. The number of anilines is 1. The van der Waals surface area contributed by atoms with Gasteiger partial charge in [0.25, 0.3) is 0 Å². The second-order valence-electron chi connectivity index (χ2n) is 7.21. The number of thiazole rings is 1. The van der Waals surface area contributed by atoms with Gasteiger partial charge in [-0.3, -0.25) is 4.79 Å². The lowest BCUT2D eigenvalue weighted by atomic mass is 10.0. The summed E-state index contributed by atoms with van der Waals surface area (Å²) in [6, 6.07) is 10.2. The molecule has 0 N–H and O–H groups in total. The Labute approximate surface area is 164 Å². The molecule has 4 rings (SSSR count). The van der Waals surface area contributed by atoms with Crippen LogP contribution in [0.4, 0.5) is 5.13 Å². The van der Waals surface area contributed by atoms with E-state index in [9.17, 15) is 4.79 Å². The molecule has 140 valence electrons. The Kier molecular flexibility index (Phi) is 5.21. The Morgan fingerprint density at radius 2 is 2.11 bits per heavy atom. The zero-order valence-electron chi connectivity index (χ0n) is 15.9. The summed E-state index contributed by atoms with van der Waals surface area (Å²) in [4.78, 5) is 24.4. The number of hydrogen-bond acceptors (Lipinski definition) is 5. The molecule has 0 amide bonds. The normalized spacial score (nSPS) is 17.0. The van der Waals surface area contributed by atoms with Gasteiger partial charge in [-0.15, -0.1) is 0 Å². The molecule has 1 saturated heterocycles. The number of carbonyl (C=O) groups is 1. The van der Waals surface area contributed by atoms with Crippen LogP contribution in [0.5, 0.6) is 0 Å². The zero-order valence-corrected chi connectivity index (χ0v) is 16.8. The molecule has 3 heterocycles. The number of benzene rings is 1. The van der Waals surface area contributed by atoms with E-state index in [0.29, 0.717) is 12.2 Å². The lowest BCUT2D eigenvalue weighted by Crippen LogP contribution is -2.36. The van der Waals surface area contributed by atoms with Crippen LogP contribution in [0, 0.1) is 6.92 Å². The lowest BCUT2D eigenvalue weighted by Gasteiger charge is -2.22. The van der Waals surface area contributed by atoms with E-state index in [1.165, 1.54) is 16.7 Å². The van der Waals surface area contributed by atoms with Crippen molar-refractivity contribution in [1.29, 1.82) is 0 Å². The minimum atomic E-state index is -0.0415. The predicted molar refractivity (Wildman–Crippen MR) is 112 cm³/mol. The maximum atomic E-state index is 12.9. The molecule has 0 bridgehead atoms. The first-order valence-electron chi connectivity index (χ1n) is 9.75. The molecular formula is C22H25N3OS. The fourth-order valence-corrected chi connectivity index (χ4v) is 5.03.